The monoisotopic (exact) mass is 189 g/mol. The zero-order valence-electron chi connectivity index (χ0n) is 8.07. The van der Waals surface area contributed by atoms with Gasteiger partial charge >= 0.3 is 6.16 Å². The van der Waals surface area contributed by atoms with Crippen molar-refractivity contribution in [1.29, 1.82) is 0 Å². The first-order valence-electron chi connectivity index (χ1n) is 4.73. The Morgan fingerprint density at radius 2 is 1.69 bits per heavy atom. The van der Waals surface area contributed by atoms with E-state index in [0.29, 0.717) is 6.04 Å². The molecule has 0 amide bonds. The van der Waals surface area contributed by atoms with Gasteiger partial charge in [-0.2, -0.15) is 0 Å². The van der Waals surface area contributed by atoms with E-state index in [-0.39, 0.29) is 0 Å². The second kappa shape index (κ2) is 6.71. The molecular weight excluding hydrogens is 170 g/mol. The van der Waals surface area contributed by atoms with Crippen molar-refractivity contribution in [1.82, 2.24) is 0 Å². The Bertz CT molecular complexity index is 138. The maximum atomic E-state index is 8.56. The van der Waals surface area contributed by atoms with Crippen LogP contribution in [-0.4, -0.2) is 22.4 Å². The molecule has 4 N–H and O–H groups in total. The van der Waals surface area contributed by atoms with E-state index in [1.54, 1.807) is 0 Å². The second-order valence-corrected chi connectivity index (χ2v) is 3.47. The SMILES string of the molecule is CC[C@H]1CC[C@H](N)CC1.O=C(O)O. The van der Waals surface area contributed by atoms with Crippen LogP contribution in [0, 0.1) is 5.92 Å². The fourth-order valence-electron chi connectivity index (χ4n) is 1.60. The van der Waals surface area contributed by atoms with Gasteiger partial charge < -0.3 is 15.9 Å². The summed E-state index contributed by atoms with van der Waals surface area (Å²) in [4.78, 5) is 8.56. The second-order valence-electron chi connectivity index (χ2n) is 3.47. The maximum absolute atomic E-state index is 8.56. The van der Waals surface area contributed by atoms with Gasteiger partial charge in [0.05, 0.1) is 0 Å². The Balaban J connectivity index is 0.000000310. The molecule has 0 aromatic heterocycles. The van der Waals surface area contributed by atoms with E-state index in [1.165, 1.54) is 32.1 Å². The lowest BCUT2D eigenvalue weighted by molar-refractivity contribution is 0.137. The fraction of sp³-hybridized carbons (Fsp3) is 0.889. The van der Waals surface area contributed by atoms with E-state index in [4.69, 9.17) is 20.7 Å². The lowest BCUT2D eigenvalue weighted by Gasteiger charge is -2.24. The molecule has 1 fully saturated rings. The van der Waals surface area contributed by atoms with Gasteiger partial charge in [0.2, 0.25) is 0 Å². The van der Waals surface area contributed by atoms with Crippen LogP contribution in [0.25, 0.3) is 0 Å². The number of hydrogen-bond donors (Lipinski definition) is 3. The molecule has 0 spiro atoms. The van der Waals surface area contributed by atoms with Crippen molar-refractivity contribution in [3.63, 3.8) is 0 Å². The number of carboxylic acid groups (broad SMARTS) is 2. The molecule has 1 aliphatic rings. The van der Waals surface area contributed by atoms with Gasteiger partial charge in [-0.25, -0.2) is 4.79 Å². The summed E-state index contributed by atoms with van der Waals surface area (Å²) in [5.74, 6) is 0.991. The van der Waals surface area contributed by atoms with E-state index in [1.807, 2.05) is 0 Å². The quantitative estimate of drug-likeness (QED) is 0.590. The van der Waals surface area contributed by atoms with Crippen LogP contribution in [0.2, 0.25) is 0 Å². The van der Waals surface area contributed by atoms with Crippen molar-refractivity contribution in [2.24, 2.45) is 11.7 Å². The minimum atomic E-state index is -1.83. The third-order valence-electron chi connectivity index (χ3n) is 2.47. The number of hydrogen-bond acceptors (Lipinski definition) is 2. The van der Waals surface area contributed by atoms with E-state index >= 15 is 0 Å². The smallest absolute Gasteiger partial charge is 0.450 e. The van der Waals surface area contributed by atoms with Crippen molar-refractivity contribution in [2.45, 2.75) is 45.1 Å². The van der Waals surface area contributed by atoms with Crippen LogP contribution >= 0.6 is 0 Å². The van der Waals surface area contributed by atoms with Gasteiger partial charge in [-0.3, -0.25) is 0 Å². The summed E-state index contributed by atoms with van der Waals surface area (Å²) in [6, 6.07) is 0.521. The average molecular weight is 189 g/mol. The van der Waals surface area contributed by atoms with E-state index in [0.717, 1.165) is 5.92 Å². The molecule has 0 aliphatic heterocycles. The third-order valence-corrected chi connectivity index (χ3v) is 2.47. The van der Waals surface area contributed by atoms with Crippen molar-refractivity contribution in [2.75, 3.05) is 0 Å². The zero-order valence-corrected chi connectivity index (χ0v) is 8.07. The Kier molecular flexibility index (Phi) is 6.32. The van der Waals surface area contributed by atoms with Crippen LogP contribution in [0.15, 0.2) is 0 Å². The highest BCUT2D eigenvalue weighted by molar-refractivity contribution is 5.53. The first-order chi connectivity index (χ1) is 6.06. The van der Waals surface area contributed by atoms with Crippen molar-refractivity contribution >= 4 is 6.16 Å². The van der Waals surface area contributed by atoms with Crippen molar-refractivity contribution in [3.05, 3.63) is 0 Å². The van der Waals surface area contributed by atoms with Gasteiger partial charge in [0.15, 0.2) is 0 Å². The number of nitrogens with two attached hydrogens (primary N) is 1. The molecule has 0 radical (unpaired) electrons. The highest BCUT2D eigenvalue weighted by atomic mass is 16.6. The third kappa shape index (κ3) is 7.59. The molecule has 0 bridgehead atoms. The normalized spacial score (nSPS) is 27.2. The maximum Gasteiger partial charge on any atom is 0.503 e. The molecule has 0 heterocycles. The van der Waals surface area contributed by atoms with Crippen molar-refractivity contribution in [3.8, 4) is 0 Å². The molecule has 0 aromatic carbocycles. The number of carbonyl (C=O) groups is 1. The Morgan fingerprint density at radius 1 is 1.31 bits per heavy atom. The molecule has 1 aliphatic carbocycles. The molecule has 1 rings (SSSR count). The Morgan fingerprint density at radius 3 is 2.00 bits per heavy atom. The molecule has 0 atom stereocenters. The zero-order chi connectivity index (χ0) is 10.3. The van der Waals surface area contributed by atoms with E-state index in [9.17, 15) is 0 Å². The lowest BCUT2D eigenvalue weighted by Crippen LogP contribution is -2.26. The Labute approximate surface area is 78.7 Å². The first kappa shape index (κ1) is 12.2. The Hall–Kier alpha value is -0.770. The topological polar surface area (TPSA) is 83.6 Å². The predicted octanol–water partition coefficient (Wildman–Crippen LogP) is 2.14. The molecule has 0 saturated heterocycles. The molecular formula is C9H19NO3. The summed E-state index contributed by atoms with van der Waals surface area (Å²) >= 11 is 0. The minimum absolute atomic E-state index is 0.521. The number of rotatable bonds is 1. The summed E-state index contributed by atoms with van der Waals surface area (Å²) in [6.07, 6.45) is 4.79. The molecule has 0 aromatic rings. The summed E-state index contributed by atoms with van der Waals surface area (Å²) in [5.41, 5.74) is 5.75. The molecule has 4 heteroatoms. The standard InChI is InChI=1S/C8H17N.CH2O3/c1-2-7-3-5-8(9)6-4-7;2-1(3)4/h7-8H,2-6,9H2,1H3;(H2,2,3,4)/t7-,8-;. The van der Waals surface area contributed by atoms with Gasteiger partial charge in [-0.1, -0.05) is 13.3 Å². The van der Waals surface area contributed by atoms with Gasteiger partial charge in [-0.05, 0) is 31.6 Å². The average Bonchev–Trinajstić information content (AvgIpc) is 2.05. The molecule has 1 saturated carbocycles. The summed E-state index contributed by atoms with van der Waals surface area (Å²) in [5, 5.41) is 13.9. The van der Waals surface area contributed by atoms with Gasteiger partial charge in [0.25, 0.3) is 0 Å². The highest BCUT2D eigenvalue weighted by Gasteiger charge is 2.15. The fourth-order valence-corrected chi connectivity index (χ4v) is 1.60. The van der Waals surface area contributed by atoms with Gasteiger partial charge in [0.1, 0.15) is 0 Å². The minimum Gasteiger partial charge on any atom is -0.450 e. The predicted molar refractivity (Wildman–Crippen MR) is 50.9 cm³/mol. The lowest BCUT2D eigenvalue weighted by atomic mass is 9.85. The van der Waals surface area contributed by atoms with Crippen LogP contribution in [0.4, 0.5) is 4.79 Å². The van der Waals surface area contributed by atoms with Crippen LogP contribution in [0.1, 0.15) is 39.0 Å². The molecule has 78 valence electrons. The first-order valence-corrected chi connectivity index (χ1v) is 4.73. The molecule has 13 heavy (non-hydrogen) atoms. The van der Waals surface area contributed by atoms with Gasteiger partial charge in [-0.15, -0.1) is 0 Å². The largest absolute Gasteiger partial charge is 0.503 e. The summed E-state index contributed by atoms with van der Waals surface area (Å²) < 4.78 is 0. The van der Waals surface area contributed by atoms with Gasteiger partial charge in [0, 0.05) is 6.04 Å². The van der Waals surface area contributed by atoms with Crippen molar-refractivity contribution < 1.29 is 15.0 Å². The highest BCUT2D eigenvalue weighted by Crippen LogP contribution is 2.24. The summed E-state index contributed by atoms with van der Waals surface area (Å²) in [6.45, 7) is 2.28. The molecule has 4 nitrogen and oxygen atoms in total. The van der Waals surface area contributed by atoms with E-state index in [2.05, 4.69) is 6.92 Å². The van der Waals surface area contributed by atoms with Crippen LogP contribution in [-0.2, 0) is 0 Å². The molecule has 0 unspecified atom stereocenters. The van der Waals surface area contributed by atoms with E-state index < -0.39 is 6.16 Å². The summed E-state index contributed by atoms with van der Waals surface area (Å²) in [7, 11) is 0. The van der Waals surface area contributed by atoms with Crippen LogP contribution < -0.4 is 5.73 Å². The van der Waals surface area contributed by atoms with Crippen LogP contribution in [0.3, 0.4) is 0 Å². The van der Waals surface area contributed by atoms with Crippen LogP contribution in [0.5, 0.6) is 0 Å².